The van der Waals surface area contributed by atoms with Gasteiger partial charge in [0.25, 0.3) is 10.0 Å². The molecule has 0 spiro atoms. The molecular weight excluding hydrogens is 568 g/mol. The van der Waals surface area contributed by atoms with Gasteiger partial charge in [-0.1, -0.05) is 29.8 Å². The Morgan fingerprint density at radius 3 is 2.46 bits per heavy atom. The van der Waals surface area contributed by atoms with Crippen molar-refractivity contribution in [3.05, 3.63) is 107 Å². The maximum absolute atomic E-state index is 13.7. The van der Waals surface area contributed by atoms with Crippen molar-refractivity contribution in [3.8, 4) is 5.75 Å². The normalized spacial score (nSPS) is 16.1. The third-order valence-corrected chi connectivity index (χ3v) is 7.24. The molecule has 1 aliphatic rings. The average molecular weight is 583 g/mol. The molecule has 1 heterocycles. The molecule has 3 aromatic rings. The number of benzene rings is 3. The summed E-state index contributed by atoms with van der Waals surface area (Å²) >= 11 is 5.77. The third-order valence-electron chi connectivity index (χ3n) is 5.22. The number of rotatable bonds is 5. The first kappa shape index (κ1) is 27.7. The van der Waals surface area contributed by atoms with Crippen molar-refractivity contribution < 1.29 is 45.4 Å². The van der Waals surface area contributed by atoms with Gasteiger partial charge in [-0.25, -0.2) is 17.1 Å². The molecule has 8 nitrogen and oxygen atoms in total. The number of hydrogen-bond donors (Lipinski definition) is 2. The van der Waals surface area contributed by atoms with Crippen molar-refractivity contribution in [2.24, 2.45) is 0 Å². The van der Waals surface area contributed by atoms with Crippen molar-refractivity contribution in [2.75, 3.05) is 5.32 Å². The molecule has 1 aliphatic heterocycles. The Bertz CT molecular complexity index is 1650. The van der Waals surface area contributed by atoms with Crippen LogP contribution in [0, 0.1) is 5.82 Å². The number of fused-ring (bicyclic) bond motifs is 1. The fourth-order valence-electron chi connectivity index (χ4n) is 3.57. The van der Waals surface area contributed by atoms with Crippen LogP contribution in [0.25, 0.3) is 5.76 Å². The largest absolute Gasteiger partial charge is 0.573 e. The second kappa shape index (κ2) is 10.4. The number of allylic oxidation sites excluding steroid dienone is 1. The number of ketones is 1. The fourth-order valence-corrected chi connectivity index (χ4v) is 5.28. The number of carbonyl (C=O) groups is 2. The SMILES string of the molecule is O=C(/C=C/N1/C(=C(/O)c2ccc(F)c(Cl)c2)C(=O)c2ccccc2S1(=O)=O)Nc1cccc(OC(F)(F)F)c1. The van der Waals surface area contributed by atoms with Crippen LogP contribution >= 0.6 is 11.6 Å². The van der Waals surface area contributed by atoms with Crippen molar-refractivity contribution in [2.45, 2.75) is 11.3 Å². The van der Waals surface area contributed by atoms with Crippen LogP contribution in [0.15, 0.2) is 89.6 Å². The molecule has 4 rings (SSSR count). The predicted molar refractivity (Wildman–Crippen MR) is 132 cm³/mol. The van der Waals surface area contributed by atoms with Gasteiger partial charge in [-0.05, 0) is 42.5 Å². The number of nitrogens with zero attached hydrogens (tertiary/aromatic N) is 1. The molecule has 39 heavy (non-hydrogen) atoms. The van der Waals surface area contributed by atoms with Gasteiger partial charge >= 0.3 is 6.36 Å². The van der Waals surface area contributed by atoms with Crippen molar-refractivity contribution in [1.29, 1.82) is 0 Å². The van der Waals surface area contributed by atoms with Gasteiger partial charge in [0.2, 0.25) is 11.7 Å². The molecule has 0 unspecified atom stereocenters. The minimum absolute atomic E-state index is 0.117. The average Bonchev–Trinajstić information content (AvgIpc) is 2.86. The van der Waals surface area contributed by atoms with E-state index in [1.54, 1.807) is 0 Å². The Balaban J connectivity index is 1.74. The predicted octanol–water partition coefficient (Wildman–Crippen LogP) is 5.64. The molecule has 0 atom stereocenters. The van der Waals surface area contributed by atoms with Gasteiger partial charge in [0.1, 0.15) is 17.3 Å². The van der Waals surface area contributed by atoms with E-state index in [0.717, 1.165) is 36.4 Å². The topological polar surface area (TPSA) is 113 Å². The maximum Gasteiger partial charge on any atom is 0.573 e. The first-order valence-corrected chi connectivity index (χ1v) is 12.5. The van der Waals surface area contributed by atoms with Crippen LogP contribution in [-0.2, 0) is 14.8 Å². The van der Waals surface area contributed by atoms with Crippen molar-refractivity contribution >= 4 is 44.8 Å². The summed E-state index contributed by atoms with van der Waals surface area (Å²) in [5, 5.41) is 12.7. The zero-order valence-electron chi connectivity index (χ0n) is 19.2. The molecule has 0 saturated heterocycles. The first-order valence-electron chi connectivity index (χ1n) is 10.7. The van der Waals surface area contributed by atoms with E-state index in [9.17, 15) is 40.7 Å². The molecule has 14 heteroatoms. The summed E-state index contributed by atoms with van der Waals surface area (Å²) in [7, 11) is -4.56. The molecule has 0 aromatic heterocycles. The van der Waals surface area contributed by atoms with Gasteiger partial charge in [0, 0.05) is 35.2 Å². The number of Topliss-reactive ketones (excluding diaryl/α,β-unsaturated/α-hetero) is 1. The van der Waals surface area contributed by atoms with Crippen LogP contribution in [0.5, 0.6) is 5.75 Å². The smallest absolute Gasteiger partial charge is 0.505 e. The highest BCUT2D eigenvalue weighted by Crippen LogP contribution is 2.36. The maximum atomic E-state index is 13.7. The van der Waals surface area contributed by atoms with Gasteiger partial charge < -0.3 is 15.2 Å². The molecule has 0 bridgehead atoms. The molecule has 0 saturated carbocycles. The zero-order valence-corrected chi connectivity index (χ0v) is 20.8. The Labute approximate surface area is 223 Å². The summed E-state index contributed by atoms with van der Waals surface area (Å²) in [6, 6.07) is 12.4. The van der Waals surface area contributed by atoms with E-state index in [1.807, 2.05) is 0 Å². The number of carbonyl (C=O) groups excluding carboxylic acids is 2. The van der Waals surface area contributed by atoms with E-state index in [-0.39, 0.29) is 16.8 Å². The van der Waals surface area contributed by atoms with E-state index >= 15 is 0 Å². The van der Waals surface area contributed by atoms with Crippen LogP contribution in [0.3, 0.4) is 0 Å². The Hall–Kier alpha value is -4.36. The van der Waals surface area contributed by atoms with Crippen molar-refractivity contribution in [1.82, 2.24) is 4.31 Å². The van der Waals surface area contributed by atoms with E-state index in [0.29, 0.717) is 16.6 Å². The van der Waals surface area contributed by atoms with Gasteiger partial charge in [0.15, 0.2) is 5.76 Å². The zero-order chi connectivity index (χ0) is 28.5. The number of amides is 1. The van der Waals surface area contributed by atoms with Gasteiger partial charge in [-0.15, -0.1) is 13.2 Å². The summed E-state index contributed by atoms with van der Waals surface area (Å²) in [4.78, 5) is 25.4. The summed E-state index contributed by atoms with van der Waals surface area (Å²) in [5.74, 6) is -4.24. The van der Waals surface area contributed by atoms with Crippen LogP contribution in [0.1, 0.15) is 15.9 Å². The highest BCUT2D eigenvalue weighted by Gasteiger charge is 2.40. The summed E-state index contributed by atoms with van der Waals surface area (Å²) in [5.41, 5.74) is -1.35. The van der Waals surface area contributed by atoms with Crippen LogP contribution in [-0.4, -0.2) is 35.9 Å². The second-order valence-electron chi connectivity index (χ2n) is 7.83. The number of alkyl halides is 3. The number of halogens is 5. The Morgan fingerprint density at radius 1 is 1.05 bits per heavy atom. The molecule has 1 amide bonds. The number of aliphatic hydroxyl groups excluding tert-OH is 1. The number of anilines is 1. The highest BCUT2D eigenvalue weighted by molar-refractivity contribution is 7.89. The molecule has 0 fully saturated rings. The second-order valence-corrected chi connectivity index (χ2v) is 10.0. The van der Waals surface area contributed by atoms with Gasteiger partial charge in [0.05, 0.1) is 9.92 Å². The summed E-state index contributed by atoms with van der Waals surface area (Å²) < 4.78 is 82.0. The number of nitrogens with one attached hydrogen (secondary N) is 1. The van der Waals surface area contributed by atoms with E-state index in [2.05, 4.69) is 10.1 Å². The van der Waals surface area contributed by atoms with Crippen molar-refractivity contribution in [3.63, 3.8) is 0 Å². The lowest BCUT2D eigenvalue weighted by Gasteiger charge is -2.29. The van der Waals surface area contributed by atoms with Crippen LogP contribution in [0.2, 0.25) is 5.02 Å². The quantitative estimate of drug-likeness (QED) is 0.229. The summed E-state index contributed by atoms with van der Waals surface area (Å²) in [6.45, 7) is 0. The van der Waals surface area contributed by atoms with E-state index in [4.69, 9.17) is 11.6 Å². The molecular formula is C25H15ClF4N2O6S. The molecule has 2 N–H and O–H groups in total. The standard InChI is InChI=1S/C25H15ClF4N2O6S/c26-18-12-14(8-9-19(18)27)23(34)22-24(35)17-6-1-2-7-20(17)39(36,37)32(22)11-10-21(33)31-15-4-3-5-16(13-15)38-25(28,29)30/h1-13,34H,(H,31,33)/b11-10+,23-22+. The molecule has 0 radical (unpaired) electrons. The lowest BCUT2D eigenvalue weighted by atomic mass is 10.0. The summed E-state index contributed by atoms with van der Waals surface area (Å²) in [6.07, 6.45) is -3.60. The number of aliphatic hydroxyl groups is 1. The lowest BCUT2D eigenvalue weighted by Crippen LogP contribution is -2.36. The van der Waals surface area contributed by atoms with Crippen LogP contribution < -0.4 is 10.1 Å². The van der Waals surface area contributed by atoms with E-state index in [1.165, 1.54) is 30.3 Å². The monoisotopic (exact) mass is 582 g/mol. The molecule has 3 aromatic carbocycles. The third kappa shape index (κ3) is 5.89. The van der Waals surface area contributed by atoms with Gasteiger partial charge in [-0.2, -0.15) is 0 Å². The number of hydrogen-bond acceptors (Lipinski definition) is 6. The minimum atomic E-state index is -4.96. The van der Waals surface area contributed by atoms with Crippen LogP contribution in [0.4, 0.5) is 23.2 Å². The minimum Gasteiger partial charge on any atom is -0.505 e. The molecule has 202 valence electrons. The van der Waals surface area contributed by atoms with Gasteiger partial charge in [-0.3, -0.25) is 9.59 Å². The molecule has 0 aliphatic carbocycles. The Morgan fingerprint density at radius 2 is 1.77 bits per heavy atom. The Kier molecular flexibility index (Phi) is 7.39. The number of sulfonamides is 1. The lowest BCUT2D eigenvalue weighted by molar-refractivity contribution is -0.274. The highest BCUT2D eigenvalue weighted by atomic mass is 35.5. The first-order chi connectivity index (χ1) is 18.3. The number of ether oxygens (including phenoxy) is 1. The fraction of sp³-hybridized carbons (Fsp3) is 0.0400. The van der Waals surface area contributed by atoms with E-state index < -0.39 is 61.0 Å².